The van der Waals surface area contributed by atoms with E-state index in [9.17, 15) is 4.79 Å². The van der Waals surface area contributed by atoms with E-state index in [1.165, 1.54) is 5.56 Å². The molecule has 0 spiro atoms. The first-order valence-corrected chi connectivity index (χ1v) is 9.88. The summed E-state index contributed by atoms with van der Waals surface area (Å²) in [5.74, 6) is 0. The first kappa shape index (κ1) is 20.1. The van der Waals surface area contributed by atoms with Gasteiger partial charge in [-0.25, -0.2) is 9.18 Å². The number of amides is 1. The minimum Gasteiger partial charge on any atom is -0.444 e. The van der Waals surface area contributed by atoms with Crippen LogP contribution in [0.15, 0.2) is 30.3 Å². The maximum Gasteiger partial charge on any atom is 0.411 e. The second-order valence-corrected chi connectivity index (χ2v) is 9.74. The van der Waals surface area contributed by atoms with Gasteiger partial charge >= 0.3 is 6.09 Å². The molecule has 150 valence electrons. The van der Waals surface area contributed by atoms with E-state index >= 15 is 4.39 Å². The maximum absolute atomic E-state index is 15.8. The van der Waals surface area contributed by atoms with E-state index in [1.54, 1.807) is 4.90 Å². The van der Waals surface area contributed by atoms with Gasteiger partial charge in [0.15, 0.2) is 0 Å². The van der Waals surface area contributed by atoms with Gasteiger partial charge in [-0.1, -0.05) is 30.3 Å². The van der Waals surface area contributed by atoms with Crippen LogP contribution in [0.5, 0.6) is 0 Å². The number of carbonyl (C=O) groups excluding carboxylic acids is 1. The van der Waals surface area contributed by atoms with E-state index in [0.717, 1.165) is 6.42 Å². The average molecular weight is 377 g/mol. The molecule has 3 rings (SSSR count). The molecule has 1 aromatic rings. The largest absolute Gasteiger partial charge is 0.444 e. The SMILES string of the molecule is CN(Cc1ccccc1)[C@@H]1C[C@@]2(C)CC[C@@](C)([C@@H]1F)N2C(=O)OC(C)(C)C. The molecule has 2 heterocycles. The van der Waals surface area contributed by atoms with E-state index in [0.29, 0.717) is 19.4 Å². The highest BCUT2D eigenvalue weighted by atomic mass is 19.1. The minimum atomic E-state index is -1.12. The van der Waals surface area contributed by atoms with Crippen molar-refractivity contribution < 1.29 is 13.9 Å². The molecule has 0 saturated carbocycles. The van der Waals surface area contributed by atoms with Gasteiger partial charge in [-0.05, 0) is 66.5 Å². The van der Waals surface area contributed by atoms with Gasteiger partial charge < -0.3 is 4.74 Å². The van der Waals surface area contributed by atoms with Gasteiger partial charge in [0.05, 0.1) is 5.54 Å². The van der Waals surface area contributed by atoms with E-state index in [1.807, 2.05) is 52.9 Å². The summed E-state index contributed by atoms with van der Waals surface area (Å²) in [5, 5.41) is 0. The van der Waals surface area contributed by atoms with Crippen molar-refractivity contribution in [3.63, 3.8) is 0 Å². The first-order valence-electron chi connectivity index (χ1n) is 9.88. The van der Waals surface area contributed by atoms with Crippen molar-refractivity contribution in [3.05, 3.63) is 35.9 Å². The quantitative estimate of drug-likeness (QED) is 0.761. The number of nitrogens with zero attached hydrogens (tertiary/aromatic N) is 2. The lowest BCUT2D eigenvalue weighted by atomic mass is 9.80. The zero-order chi connectivity index (χ0) is 20.0. The van der Waals surface area contributed by atoms with Crippen LogP contribution >= 0.6 is 0 Å². The Balaban J connectivity index is 1.83. The predicted octanol–water partition coefficient (Wildman–Crippen LogP) is 4.78. The lowest BCUT2D eigenvalue weighted by Crippen LogP contribution is -2.68. The molecule has 0 N–H and O–H groups in total. The lowest BCUT2D eigenvalue weighted by Gasteiger charge is -2.54. The Morgan fingerprint density at radius 1 is 1.26 bits per heavy atom. The molecule has 2 saturated heterocycles. The van der Waals surface area contributed by atoms with Crippen LogP contribution in [-0.2, 0) is 11.3 Å². The van der Waals surface area contributed by atoms with Crippen molar-refractivity contribution in [2.75, 3.05) is 7.05 Å². The molecule has 4 nitrogen and oxygen atoms in total. The van der Waals surface area contributed by atoms with Gasteiger partial charge in [-0.3, -0.25) is 9.80 Å². The second kappa shape index (κ2) is 6.77. The normalized spacial score (nSPS) is 33.4. The maximum atomic E-state index is 15.8. The van der Waals surface area contributed by atoms with Crippen molar-refractivity contribution in [1.29, 1.82) is 0 Å². The number of halogens is 1. The zero-order valence-corrected chi connectivity index (χ0v) is 17.5. The van der Waals surface area contributed by atoms with Crippen LogP contribution < -0.4 is 0 Å². The third-order valence-electron chi connectivity index (χ3n) is 6.22. The number of fused-ring (bicyclic) bond motifs is 2. The molecule has 2 bridgehead atoms. The van der Waals surface area contributed by atoms with Crippen LogP contribution in [0.2, 0.25) is 0 Å². The smallest absolute Gasteiger partial charge is 0.411 e. The second-order valence-electron chi connectivity index (χ2n) is 9.74. The summed E-state index contributed by atoms with van der Waals surface area (Å²) in [5.41, 5.74) is -0.625. The number of piperidine rings is 1. The predicted molar refractivity (Wildman–Crippen MR) is 105 cm³/mol. The molecular weight excluding hydrogens is 343 g/mol. The summed E-state index contributed by atoms with van der Waals surface area (Å²) in [6.07, 6.45) is 0.580. The number of ether oxygens (including phenoxy) is 1. The zero-order valence-electron chi connectivity index (χ0n) is 17.5. The van der Waals surface area contributed by atoms with E-state index in [2.05, 4.69) is 24.0 Å². The van der Waals surface area contributed by atoms with Gasteiger partial charge in [0.1, 0.15) is 11.8 Å². The molecule has 2 aliphatic heterocycles. The fraction of sp³-hybridized carbons (Fsp3) is 0.682. The monoisotopic (exact) mass is 376 g/mol. The number of carbonyl (C=O) groups is 1. The Kier molecular flexibility index (Phi) is 5.04. The molecule has 0 aromatic heterocycles. The van der Waals surface area contributed by atoms with Gasteiger partial charge in [0.25, 0.3) is 0 Å². The van der Waals surface area contributed by atoms with Crippen molar-refractivity contribution in [3.8, 4) is 0 Å². The summed E-state index contributed by atoms with van der Waals surface area (Å²) in [4.78, 5) is 16.7. The third-order valence-corrected chi connectivity index (χ3v) is 6.22. The van der Waals surface area contributed by atoms with Gasteiger partial charge in [0.2, 0.25) is 0 Å². The average Bonchev–Trinajstić information content (AvgIpc) is 2.78. The highest BCUT2D eigenvalue weighted by Crippen LogP contribution is 2.53. The van der Waals surface area contributed by atoms with Crippen LogP contribution in [0.25, 0.3) is 0 Å². The minimum absolute atomic E-state index is 0.221. The molecule has 0 unspecified atom stereocenters. The summed E-state index contributed by atoms with van der Waals surface area (Å²) < 4.78 is 21.4. The molecule has 0 aliphatic carbocycles. The molecule has 1 amide bonds. The fourth-order valence-electron chi connectivity index (χ4n) is 4.89. The van der Waals surface area contributed by atoms with E-state index in [-0.39, 0.29) is 11.6 Å². The van der Waals surface area contributed by atoms with Crippen LogP contribution in [0.4, 0.5) is 9.18 Å². The van der Waals surface area contributed by atoms with Gasteiger partial charge in [0, 0.05) is 18.1 Å². The van der Waals surface area contributed by atoms with Gasteiger partial charge in [-0.2, -0.15) is 0 Å². The van der Waals surface area contributed by atoms with Crippen LogP contribution in [0.1, 0.15) is 59.4 Å². The molecule has 2 aliphatic rings. The van der Waals surface area contributed by atoms with Crippen molar-refractivity contribution >= 4 is 6.09 Å². The summed E-state index contributed by atoms with van der Waals surface area (Å²) in [7, 11) is 1.99. The third kappa shape index (κ3) is 3.71. The number of benzene rings is 1. The Hall–Kier alpha value is -1.62. The number of hydrogen-bond acceptors (Lipinski definition) is 3. The Morgan fingerprint density at radius 2 is 1.89 bits per heavy atom. The molecule has 4 atom stereocenters. The van der Waals surface area contributed by atoms with E-state index in [4.69, 9.17) is 4.74 Å². The summed E-state index contributed by atoms with van der Waals surface area (Å²) >= 11 is 0. The Bertz CT molecular complexity index is 689. The lowest BCUT2D eigenvalue weighted by molar-refractivity contribution is -0.0900. The van der Waals surface area contributed by atoms with Crippen LogP contribution in [-0.4, -0.2) is 51.8 Å². The molecule has 5 heteroatoms. The van der Waals surface area contributed by atoms with Gasteiger partial charge in [-0.15, -0.1) is 0 Å². The van der Waals surface area contributed by atoms with Crippen LogP contribution in [0, 0.1) is 0 Å². The van der Waals surface area contributed by atoms with Crippen molar-refractivity contribution in [2.24, 2.45) is 0 Å². The summed E-state index contributed by atoms with van der Waals surface area (Å²) in [6.45, 7) is 10.2. The standard InChI is InChI=1S/C22H33FN2O2/c1-20(2,3)27-19(26)25-21(4)12-13-22(25,5)18(23)17(14-21)24(6)15-16-10-8-7-9-11-16/h7-11,17-18H,12-15H2,1-6H3/t17-,18-,21-,22+/m1/s1. The van der Waals surface area contributed by atoms with Crippen molar-refractivity contribution in [2.45, 2.75) is 89.3 Å². The Labute approximate surface area is 162 Å². The highest BCUT2D eigenvalue weighted by molar-refractivity contribution is 5.71. The molecule has 1 aromatic carbocycles. The van der Waals surface area contributed by atoms with E-state index < -0.39 is 23.4 Å². The molecular formula is C22H33FN2O2. The molecule has 0 radical (unpaired) electrons. The van der Waals surface area contributed by atoms with Crippen LogP contribution in [0.3, 0.4) is 0 Å². The summed E-state index contributed by atoms with van der Waals surface area (Å²) in [6, 6.07) is 9.92. The Morgan fingerprint density at radius 3 is 2.48 bits per heavy atom. The molecule has 27 heavy (non-hydrogen) atoms. The number of alkyl halides is 1. The molecule has 2 fully saturated rings. The highest BCUT2D eigenvalue weighted by Gasteiger charge is 2.64. The van der Waals surface area contributed by atoms with Crippen molar-refractivity contribution in [1.82, 2.24) is 9.80 Å². The topological polar surface area (TPSA) is 32.8 Å². The number of hydrogen-bond donors (Lipinski definition) is 0. The fourth-order valence-corrected chi connectivity index (χ4v) is 4.89. The number of rotatable bonds is 3. The first-order chi connectivity index (χ1) is 12.5.